The molecule has 1 atom stereocenters. The second kappa shape index (κ2) is 4.49. The second-order valence-electron chi connectivity index (χ2n) is 3.07. The van der Waals surface area contributed by atoms with E-state index in [1.165, 1.54) is 12.0 Å². The lowest BCUT2D eigenvalue weighted by molar-refractivity contribution is 0.378. The summed E-state index contributed by atoms with van der Waals surface area (Å²) in [7, 11) is 1.70. The van der Waals surface area contributed by atoms with Crippen molar-refractivity contribution in [2.75, 3.05) is 13.7 Å². The summed E-state index contributed by atoms with van der Waals surface area (Å²) in [6.45, 7) is 1.14. The second-order valence-corrected chi connectivity index (χ2v) is 3.07. The summed E-state index contributed by atoms with van der Waals surface area (Å²) in [5.41, 5.74) is 1.33. The van der Waals surface area contributed by atoms with Crippen LogP contribution in [0.4, 0.5) is 0 Å². The van der Waals surface area contributed by atoms with Gasteiger partial charge in [0.2, 0.25) is 0 Å². The Morgan fingerprint density at radius 2 is 2.23 bits per heavy atom. The van der Waals surface area contributed by atoms with Crippen molar-refractivity contribution in [2.45, 2.75) is 12.5 Å². The van der Waals surface area contributed by atoms with E-state index in [2.05, 4.69) is 17.4 Å². The molecular formula is C10H14ClNO. The summed E-state index contributed by atoms with van der Waals surface area (Å²) in [6, 6.07) is 8.80. The minimum Gasteiger partial charge on any atom is -0.497 e. The molecule has 1 saturated heterocycles. The van der Waals surface area contributed by atoms with Crippen LogP contribution in [0.5, 0.6) is 5.75 Å². The molecule has 1 aromatic rings. The first kappa shape index (κ1) is 10.4. The number of hydrogen-bond donors (Lipinski definition) is 1. The lowest BCUT2D eigenvalue weighted by atomic mass is 9.98. The molecule has 1 unspecified atom stereocenters. The third-order valence-corrected chi connectivity index (χ3v) is 2.32. The number of methoxy groups -OCH3 is 1. The molecule has 3 heteroatoms. The van der Waals surface area contributed by atoms with E-state index in [-0.39, 0.29) is 12.4 Å². The number of rotatable bonds is 2. The number of halogens is 1. The van der Waals surface area contributed by atoms with Crippen LogP contribution in [0.1, 0.15) is 18.0 Å². The molecule has 0 amide bonds. The zero-order valence-corrected chi connectivity index (χ0v) is 8.43. The maximum Gasteiger partial charge on any atom is 0.119 e. The smallest absolute Gasteiger partial charge is 0.119 e. The van der Waals surface area contributed by atoms with Gasteiger partial charge in [-0.15, -0.1) is 12.4 Å². The SMILES string of the molecule is COc1cccc(C2CCN2)c1.Cl. The quantitative estimate of drug-likeness (QED) is 0.788. The highest BCUT2D eigenvalue weighted by molar-refractivity contribution is 5.85. The molecule has 0 aliphatic carbocycles. The molecule has 1 aliphatic rings. The number of benzene rings is 1. The van der Waals surface area contributed by atoms with Crippen molar-refractivity contribution in [3.8, 4) is 5.75 Å². The van der Waals surface area contributed by atoms with Crippen LogP contribution in [-0.2, 0) is 0 Å². The van der Waals surface area contributed by atoms with Crippen molar-refractivity contribution in [2.24, 2.45) is 0 Å². The first-order valence-corrected chi connectivity index (χ1v) is 4.27. The van der Waals surface area contributed by atoms with E-state index < -0.39 is 0 Å². The number of ether oxygens (including phenoxy) is 1. The van der Waals surface area contributed by atoms with Crippen molar-refractivity contribution < 1.29 is 4.74 Å². The van der Waals surface area contributed by atoms with Gasteiger partial charge in [0.25, 0.3) is 0 Å². The van der Waals surface area contributed by atoms with Gasteiger partial charge in [-0.3, -0.25) is 0 Å². The van der Waals surface area contributed by atoms with Crippen molar-refractivity contribution in [3.05, 3.63) is 29.8 Å². The Morgan fingerprint density at radius 3 is 2.77 bits per heavy atom. The molecule has 1 aromatic carbocycles. The minimum atomic E-state index is 0. The topological polar surface area (TPSA) is 21.3 Å². The average molecular weight is 200 g/mol. The van der Waals surface area contributed by atoms with Crippen molar-refractivity contribution in [1.29, 1.82) is 0 Å². The van der Waals surface area contributed by atoms with Gasteiger partial charge in [-0.25, -0.2) is 0 Å². The Hall–Kier alpha value is -0.730. The first-order valence-electron chi connectivity index (χ1n) is 4.27. The number of nitrogens with one attached hydrogen (secondary N) is 1. The van der Waals surface area contributed by atoms with Gasteiger partial charge in [0, 0.05) is 6.04 Å². The van der Waals surface area contributed by atoms with Gasteiger partial charge in [-0.1, -0.05) is 12.1 Å². The highest BCUT2D eigenvalue weighted by atomic mass is 35.5. The summed E-state index contributed by atoms with van der Waals surface area (Å²) in [4.78, 5) is 0. The molecular weight excluding hydrogens is 186 g/mol. The van der Waals surface area contributed by atoms with Crippen LogP contribution in [-0.4, -0.2) is 13.7 Å². The molecule has 1 aliphatic heterocycles. The maximum atomic E-state index is 5.15. The third kappa shape index (κ3) is 2.14. The fourth-order valence-electron chi connectivity index (χ4n) is 1.43. The molecule has 13 heavy (non-hydrogen) atoms. The van der Waals surface area contributed by atoms with Gasteiger partial charge in [-0.05, 0) is 30.7 Å². The maximum absolute atomic E-state index is 5.15. The Labute approximate surface area is 84.7 Å². The van der Waals surface area contributed by atoms with E-state index in [1.807, 2.05) is 12.1 Å². The standard InChI is InChI=1S/C10H13NO.ClH/c1-12-9-4-2-3-8(7-9)10-5-6-11-10;/h2-4,7,10-11H,5-6H2,1H3;1H. The summed E-state index contributed by atoms with van der Waals surface area (Å²) < 4.78 is 5.15. The lowest BCUT2D eigenvalue weighted by Crippen LogP contribution is -2.34. The summed E-state index contributed by atoms with van der Waals surface area (Å²) >= 11 is 0. The summed E-state index contributed by atoms with van der Waals surface area (Å²) in [5.74, 6) is 0.946. The zero-order valence-electron chi connectivity index (χ0n) is 7.62. The van der Waals surface area contributed by atoms with Gasteiger partial charge in [0.05, 0.1) is 7.11 Å². The Kier molecular flexibility index (Phi) is 3.58. The molecule has 0 spiro atoms. The molecule has 0 bridgehead atoms. The van der Waals surface area contributed by atoms with Crippen molar-refractivity contribution in [3.63, 3.8) is 0 Å². The third-order valence-electron chi connectivity index (χ3n) is 2.32. The fourth-order valence-corrected chi connectivity index (χ4v) is 1.43. The highest BCUT2D eigenvalue weighted by Crippen LogP contribution is 2.25. The molecule has 1 heterocycles. The van der Waals surface area contributed by atoms with Crippen LogP contribution in [0.15, 0.2) is 24.3 Å². The highest BCUT2D eigenvalue weighted by Gasteiger charge is 2.18. The van der Waals surface area contributed by atoms with Gasteiger partial charge in [0.15, 0.2) is 0 Å². The Balaban J connectivity index is 0.000000845. The van der Waals surface area contributed by atoms with Crippen LogP contribution >= 0.6 is 12.4 Å². The van der Waals surface area contributed by atoms with E-state index in [1.54, 1.807) is 7.11 Å². The molecule has 1 N–H and O–H groups in total. The van der Waals surface area contributed by atoms with Gasteiger partial charge in [-0.2, -0.15) is 0 Å². The predicted molar refractivity (Wildman–Crippen MR) is 55.6 cm³/mol. The average Bonchev–Trinajstić information content (AvgIpc) is 2.02. The van der Waals surface area contributed by atoms with Crippen LogP contribution in [0.3, 0.4) is 0 Å². The summed E-state index contributed by atoms with van der Waals surface area (Å²) in [6.07, 6.45) is 1.24. The van der Waals surface area contributed by atoms with Crippen molar-refractivity contribution in [1.82, 2.24) is 5.32 Å². The van der Waals surface area contributed by atoms with E-state index >= 15 is 0 Å². The van der Waals surface area contributed by atoms with Crippen LogP contribution in [0.2, 0.25) is 0 Å². The van der Waals surface area contributed by atoms with E-state index in [0.717, 1.165) is 12.3 Å². The van der Waals surface area contributed by atoms with Crippen LogP contribution in [0, 0.1) is 0 Å². The summed E-state index contributed by atoms with van der Waals surface area (Å²) in [5, 5.41) is 3.36. The first-order chi connectivity index (χ1) is 5.90. The van der Waals surface area contributed by atoms with E-state index in [0.29, 0.717) is 6.04 Å². The predicted octanol–water partition coefficient (Wildman–Crippen LogP) is 2.15. The Bertz CT molecular complexity index is 273. The van der Waals surface area contributed by atoms with Crippen molar-refractivity contribution >= 4 is 12.4 Å². The molecule has 0 radical (unpaired) electrons. The minimum absolute atomic E-state index is 0. The molecule has 2 rings (SSSR count). The van der Waals surface area contributed by atoms with Gasteiger partial charge < -0.3 is 10.1 Å². The normalized spacial score (nSPS) is 19.9. The van der Waals surface area contributed by atoms with Gasteiger partial charge in [0.1, 0.15) is 5.75 Å². The molecule has 0 aromatic heterocycles. The zero-order chi connectivity index (χ0) is 8.39. The molecule has 2 nitrogen and oxygen atoms in total. The van der Waals surface area contributed by atoms with E-state index in [4.69, 9.17) is 4.74 Å². The molecule has 0 saturated carbocycles. The largest absolute Gasteiger partial charge is 0.497 e. The van der Waals surface area contributed by atoms with Crippen LogP contribution in [0.25, 0.3) is 0 Å². The van der Waals surface area contributed by atoms with E-state index in [9.17, 15) is 0 Å². The Morgan fingerprint density at radius 1 is 1.46 bits per heavy atom. The van der Waals surface area contributed by atoms with Crippen LogP contribution < -0.4 is 10.1 Å². The van der Waals surface area contributed by atoms with Gasteiger partial charge >= 0.3 is 0 Å². The number of hydrogen-bond acceptors (Lipinski definition) is 2. The molecule has 72 valence electrons. The monoisotopic (exact) mass is 199 g/mol. The lowest BCUT2D eigenvalue weighted by Gasteiger charge is -2.28. The fraction of sp³-hybridized carbons (Fsp3) is 0.400. The molecule has 1 fully saturated rings.